The zero-order valence-electron chi connectivity index (χ0n) is 14.1. The fraction of sp³-hybridized carbons (Fsp3) is 0.300. The van der Waals surface area contributed by atoms with Crippen LogP contribution in [0, 0.1) is 6.92 Å². The number of fused-ring (bicyclic) bond motifs is 2. The lowest BCUT2D eigenvalue weighted by Gasteiger charge is -2.39. The zero-order valence-corrected chi connectivity index (χ0v) is 14.1. The molecule has 1 spiro atoms. The maximum Gasteiger partial charge on any atom is 0.257 e. The normalized spacial score (nSPS) is 22.0. The number of amides is 2. The van der Waals surface area contributed by atoms with Crippen LogP contribution in [0.2, 0.25) is 0 Å². The lowest BCUT2D eigenvalue weighted by molar-refractivity contribution is -0.122. The van der Waals surface area contributed by atoms with Gasteiger partial charge in [-0.25, -0.2) is 0 Å². The third kappa shape index (κ3) is 2.38. The lowest BCUT2D eigenvalue weighted by Crippen LogP contribution is -2.51. The number of para-hydroxylation sites is 1. The topological polar surface area (TPSA) is 69.6 Å². The summed E-state index contributed by atoms with van der Waals surface area (Å²) in [6.07, 6.45) is 1.47. The van der Waals surface area contributed by atoms with E-state index in [1.807, 2.05) is 31.2 Å². The van der Waals surface area contributed by atoms with Gasteiger partial charge in [-0.15, -0.1) is 0 Å². The maximum absolute atomic E-state index is 13.0. The quantitative estimate of drug-likeness (QED) is 0.841. The molecule has 0 aliphatic carbocycles. The number of hydrogen-bond acceptors (Lipinski definition) is 3. The molecule has 0 aromatic heterocycles. The van der Waals surface area contributed by atoms with E-state index < -0.39 is 5.41 Å². The van der Waals surface area contributed by atoms with Crippen LogP contribution in [0.15, 0.2) is 42.5 Å². The summed E-state index contributed by atoms with van der Waals surface area (Å²) in [7, 11) is 0. The average molecular weight is 336 g/mol. The number of phenolic OH excluding ortho intramolecular Hbond substituents is 1. The summed E-state index contributed by atoms with van der Waals surface area (Å²) in [5.74, 6) is -0.288. The zero-order chi connectivity index (χ0) is 17.6. The monoisotopic (exact) mass is 336 g/mol. The predicted octanol–water partition coefficient (Wildman–Crippen LogP) is 2.83. The number of hydrogen-bond donors (Lipinski definition) is 2. The van der Waals surface area contributed by atoms with Crippen LogP contribution in [0.1, 0.15) is 34.3 Å². The molecule has 0 unspecified atom stereocenters. The highest BCUT2D eigenvalue weighted by Crippen LogP contribution is 2.44. The lowest BCUT2D eigenvalue weighted by atomic mass is 9.75. The van der Waals surface area contributed by atoms with E-state index in [1.54, 1.807) is 23.1 Å². The number of nitrogens with zero attached hydrogens (tertiary/aromatic N) is 1. The highest BCUT2D eigenvalue weighted by atomic mass is 16.3. The Hall–Kier alpha value is -2.82. The fourth-order valence-electron chi connectivity index (χ4n) is 4.00. The van der Waals surface area contributed by atoms with Crippen molar-refractivity contribution < 1.29 is 14.7 Å². The number of rotatable bonds is 1. The average Bonchev–Trinajstić information content (AvgIpc) is 2.88. The van der Waals surface area contributed by atoms with Crippen LogP contribution in [0.3, 0.4) is 0 Å². The van der Waals surface area contributed by atoms with Crippen molar-refractivity contribution in [3.63, 3.8) is 0 Å². The summed E-state index contributed by atoms with van der Waals surface area (Å²) < 4.78 is 0. The number of anilines is 1. The van der Waals surface area contributed by atoms with Gasteiger partial charge in [-0.1, -0.05) is 29.8 Å². The first kappa shape index (κ1) is 15.7. The van der Waals surface area contributed by atoms with E-state index in [-0.39, 0.29) is 17.6 Å². The van der Waals surface area contributed by atoms with E-state index in [4.69, 9.17) is 0 Å². The molecule has 0 radical (unpaired) electrons. The van der Waals surface area contributed by atoms with Crippen molar-refractivity contribution in [2.45, 2.75) is 25.2 Å². The highest BCUT2D eigenvalue weighted by Gasteiger charge is 2.50. The van der Waals surface area contributed by atoms with Gasteiger partial charge in [-0.2, -0.15) is 0 Å². The fourth-order valence-corrected chi connectivity index (χ4v) is 4.00. The van der Waals surface area contributed by atoms with Gasteiger partial charge in [0, 0.05) is 18.8 Å². The molecular formula is C20H20N2O3. The van der Waals surface area contributed by atoms with Crippen LogP contribution < -0.4 is 5.32 Å². The molecule has 0 saturated carbocycles. The van der Waals surface area contributed by atoms with Gasteiger partial charge in [0.1, 0.15) is 5.75 Å². The Kier molecular flexibility index (Phi) is 3.53. The summed E-state index contributed by atoms with van der Waals surface area (Å²) in [6.45, 7) is 2.81. The maximum atomic E-state index is 13.0. The number of aryl methyl sites for hydroxylation is 1. The minimum atomic E-state index is -0.691. The van der Waals surface area contributed by atoms with Crippen molar-refractivity contribution >= 4 is 17.5 Å². The molecule has 1 saturated heterocycles. The Morgan fingerprint density at radius 1 is 1.24 bits per heavy atom. The Morgan fingerprint density at radius 3 is 2.88 bits per heavy atom. The Morgan fingerprint density at radius 2 is 2.04 bits per heavy atom. The van der Waals surface area contributed by atoms with E-state index in [9.17, 15) is 14.7 Å². The predicted molar refractivity (Wildman–Crippen MR) is 94.7 cm³/mol. The van der Waals surface area contributed by atoms with Gasteiger partial charge in [0.05, 0.1) is 11.0 Å². The highest BCUT2D eigenvalue weighted by molar-refractivity contribution is 6.07. The van der Waals surface area contributed by atoms with Crippen molar-refractivity contribution in [3.05, 3.63) is 59.2 Å². The Bertz CT molecular complexity index is 877. The Labute approximate surface area is 146 Å². The first-order valence-corrected chi connectivity index (χ1v) is 8.51. The molecule has 1 fully saturated rings. The number of aromatic hydroxyl groups is 1. The molecule has 2 heterocycles. The standard InChI is InChI=1S/C20H20N2O3/c1-13-7-8-17(23)14(11-13)18(24)22-10-4-9-20(12-22)15-5-2-3-6-16(15)21-19(20)25/h2-3,5-8,11,23H,4,9-10,12H2,1H3,(H,21,25)/t20-/m1/s1. The number of benzene rings is 2. The van der Waals surface area contributed by atoms with Crippen LogP contribution in [-0.2, 0) is 10.2 Å². The molecule has 5 heteroatoms. The molecule has 2 N–H and O–H groups in total. The second kappa shape index (κ2) is 5.62. The van der Waals surface area contributed by atoms with Crippen molar-refractivity contribution in [1.29, 1.82) is 0 Å². The summed E-state index contributed by atoms with van der Waals surface area (Å²) in [6, 6.07) is 12.7. The van der Waals surface area contributed by atoms with Gasteiger partial charge in [-0.3, -0.25) is 9.59 Å². The molecule has 25 heavy (non-hydrogen) atoms. The van der Waals surface area contributed by atoms with Gasteiger partial charge in [0.2, 0.25) is 5.91 Å². The molecule has 4 rings (SSSR count). The molecule has 1 atom stereocenters. The SMILES string of the molecule is Cc1ccc(O)c(C(=O)N2CCC[C@]3(C2)C(=O)Nc2ccccc23)c1. The van der Waals surface area contributed by atoms with E-state index in [2.05, 4.69) is 5.32 Å². The van der Waals surface area contributed by atoms with Crippen molar-refractivity contribution in [2.24, 2.45) is 0 Å². The number of carbonyl (C=O) groups is 2. The van der Waals surface area contributed by atoms with E-state index in [0.29, 0.717) is 18.7 Å². The molecular weight excluding hydrogens is 316 g/mol. The van der Waals surface area contributed by atoms with E-state index >= 15 is 0 Å². The second-order valence-corrected chi connectivity index (χ2v) is 6.93. The number of carbonyl (C=O) groups excluding carboxylic acids is 2. The van der Waals surface area contributed by atoms with E-state index in [0.717, 1.165) is 29.7 Å². The van der Waals surface area contributed by atoms with E-state index in [1.165, 1.54) is 0 Å². The third-order valence-electron chi connectivity index (χ3n) is 5.29. The smallest absolute Gasteiger partial charge is 0.257 e. The van der Waals surface area contributed by atoms with Crippen molar-refractivity contribution in [3.8, 4) is 5.75 Å². The second-order valence-electron chi connectivity index (χ2n) is 6.93. The van der Waals surface area contributed by atoms with Gasteiger partial charge in [0.15, 0.2) is 0 Å². The minimum absolute atomic E-state index is 0.0218. The van der Waals surface area contributed by atoms with Crippen LogP contribution in [0.4, 0.5) is 5.69 Å². The molecule has 2 aromatic rings. The van der Waals surface area contributed by atoms with Crippen LogP contribution in [-0.4, -0.2) is 34.9 Å². The largest absolute Gasteiger partial charge is 0.507 e. The molecule has 2 aliphatic rings. The van der Waals surface area contributed by atoms with Gasteiger partial charge in [0.25, 0.3) is 5.91 Å². The molecule has 0 bridgehead atoms. The van der Waals surface area contributed by atoms with Crippen molar-refractivity contribution in [2.75, 3.05) is 18.4 Å². The van der Waals surface area contributed by atoms with Gasteiger partial charge < -0.3 is 15.3 Å². The first-order chi connectivity index (χ1) is 12.0. The van der Waals surface area contributed by atoms with Crippen LogP contribution in [0.5, 0.6) is 5.75 Å². The van der Waals surface area contributed by atoms with Crippen LogP contribution >= 0.6 is 0 Å². The molecule has 2 aliphatic heterocycles. The molecule has 5 nitrogen and oxygen atoms in total. The third-order valence-corrected chi connectivity index (χ3v) is 5.29. The molecule has 2 amide bonds. The van der Waals surface area contributed by atoms with Crippen molar-refractivity contribution in [1.82, 2.24) is 4.90 Å². The number of likely N-dealkylation sites (tertiary alicyclic amines) is 1. The number of nitrogens with one attached hydrogen (secondary N) is 1. The Balaban J connectivity index is 1.69. The van der Waals surface area contributed by atoms with Gasteiger partial charge in [-0.05, 0) is 43.5 Å². The van der Waals surface area contributed by atoms with Crippen LogP contribution in [0.25, 0.3) is 0 Å². The summed E-state index contributed by atoms with van der Waals surface area (Å²) in [5, 5.41) is 13.0. The minimum Gasteiger partial charge on any atom is -0.507 e. The summed E-state index contributed by atoms with van der Waals surface area (Å²) >= 11 is 0. The van der Waals surface area contributed by atoms with Gasteiger partial charge >= 0.3 is 0 Å². The molecule has 2 aromatic carbocycles. The number of phenols is 1. The molecule has 128 valence electrons. The summed E-state index contributed by atoms with van der Waals surface area (Å²) in [4.78, 5) is 27.4. The first-order valence-electron chi connectivity index (χ1n) is 8.51. The number of piperidine rings is 1. The summed E-state index contributed by atoms with van der Waals surface area (Å²) in [5.41, 5.74) is 2.32.